The summed E-state index contributed by atoms with van der Waals surface area (Å²) < 4.78 is 11.5. The Bertz CT molecular complexity index is 498. The molecule has 0 bridgehead atoms. The normalized spacial score (nSPS) is 26.3. The SMILES string of the molecule is CCOc1ccc2c(c1)C(N)C(CN1CCC(C)CC1)CO2. The van der Waals surface area contributed by atoms with Gasteiger partial charge in [-0.25, -0.2) is 0 Å². The first-order chi connectivity index (χ1) is 10.7. The van der Waals surface area contributed by atoms with Gasteiger partial charge in [-0.15, -0.1) is 0 Å². The molecule has 2 aliphatic rings. The van der Waals surface area contributed by atoms with Crippen LogP contribution in [-0.2, 0) is 0 Å². The second-order valence-electron chi connectivity index (χ2n) is 6.71. The molecule has 122 valence electrons. The Hall–Kier alpha value is -1.26. The Morgan fingerprint density at radius 2 is 2.09 bits per heavy atom. The van der Waals surface area contributed by atoms with Crippen LogP contribution >= 0.6 is 0 Å². The Labute approximate surface area is 133 Å². The summed E-state index contributed by atoms with van der Waals surface area (Å²) in [4.78, 5) is 2.55. The van der Waals surface area contributed by atoms with Crippen molar-refractivity contribution >= 4 is 0 Å². The van der Waals surface area contributed by atoms with Crippen molar-refractivity contribution in [2.75, 3.05) is 32.8 Å². The first-order valence-corrected chi connectivity index (χ1v) is 8.55. The summed E-state index contributed by atoms with van der Waals surface area (Å²) in [5.41, 5.74) is 7.63. The maximum atomic E-state index is 6.54. The van der Waals surface area contributed by atoms with Gasteiger partial charge in [0.2, 0.25) is 0 Å². The number of fused-ring (bicyclic) bond motifs is 1. The summed E-state index contributed by atoms with van der Waals surface area (Å²) in [5, 5.41) is 0. The fraction of sp³-hybridized carbons (Fsp3) is 0.667. The van der Waals surface area contributed by atoms with Gasteiger partial charge < -0.3 is 20.1 Å². The van der Waals surface area contributed by atoms with Gasteiger partial charge in [0.15, 0.2) is 0 Å². The highest BCUT2D eigenvalue weighted by Gasteiger charge is 2.30. The maximum Gasteiger partial charge on any atom is 0.124 e. The zero-order valence-electron chi connectivity index (χ0n) is 13.8. The third-order valence-electron chi connectivity index (χ3n) is 4.98. The summed E-state index contributed by atoms with van der Waals surface area (Å²) in [6, 6.07) is 6.03. The summed E-state index contributed by atoms with van der Waals surface area (Å²) in [5.74, 6) is 3.02. The Balaban J connectivity index is 1.67. The topological polar surface area (TPSA) is 47.7 Å². The lowest BCUT2D eigenvalue weighted by atomic mass is 9.89. The molecule has 4 heteroatoms. The highest BCUT2D eigenvalue weighted by atomic mass is 16.5. The fourth-order valence-electron chi connectivity index (χ4n) is 3.47. The minimum absolute atomic E-state index is 0.0310. The van der Waals surface area contributed by atoms with E-state index in [0.29, 0.717) is 19.1 Å². The molecular formula is C18H28N2O2. The number of nitrogens with two attached hydrogens (primary N) is 1. The molecule has 0 spiro atoms. The van der Waals surface area contributed by atoms with Crippen molar-refractivity contribution in [1.29, 1.82) is 0 Å². The molecule has 0 aliphatic carbocycles. The fourth-order valence-corrected chi connectivity index (χ4v) is 3.47. The maximum absolute atomic E-state index is 6.54. The number of hydrogen-bond acceptors (Lipinski definition) is 4. The lowest BCUT2D eigenvalue weighted by Gasteiger charge is -2.37. The van der Waals surface area contributed by atoms with Gasteiger partial charge in [0.1, 0.15) is 11.5 Å². The summed E-state index contributed by atoms with van der Waals surface area (Å²) in [6.07, 6.45) is 2.60. The number of rotatable bonds is 4. The quantitative estimate of drug-likeness (QED) is 0.929. The van der Waals surface area contributed by atoms with Gasteiger partial charge in [-0.05, 0) is 57.0 Å². The Kier molecular flexibility index (Phi) is 4.89. The van der Waals surface area contributed by atoms with E-state index in [2.05, 4.69) is 11.8 Å². The van der Waals surface area contributed by atoms with Gasteiger partial charge in [-0.2, -0.15) is 0 Å². The van der Waals surface area contributed by atoms with Crippen LogP contribution < -0.4 is 15.2 Å². The van der Waals surface area contributed by atoms with Crippen molar-refractivity contribution in [1.82, 2.24) is 4.90 Å². The monoisotopic (exact) mass is 304 g/mol. The first-order valence-electron chi connectivity index (χ1n) is 8.55. The van der Waals surface area contributed by atoms with Crippen LogP contribution in [0, 0.1) is 11.8 Å². The minimum Gasteiger partial charge on any atom is -0.494 e. The van der Waals surface area contributed by atoms with Crippen LogP contribution in [0.5, 0.6) is 11.5 Å². The van der Waals surface area contributed by atoms with Crippen LogP contribution in [0.2, 0.25) is 0 Å². The largest absolute Gasteiger partial charge is 0.494 e. The predicted molar refractivity (Wildman–Crippen MR) is 88.4 cm³/mol. The number of ether oxygens (including phenoxy) is 2. The lowest BCUT2D eigenvalue weighted by Crippen LogP contribution is -2.43. The molecule has 1 aromatic rings. The van der Waals surface area contributed by atoms with E-state index in [-0.39, 0.29) is 6.04 Å². The van der Waals surface area contributed by atoms with Crippen molar-refractivity contribution < 1.29 is 9.47 Å². The molecule has 3 rings (SSSR count). The van der Waals surface area contributed by atoms with E-state index < -0.39 is 0 Å². The molecule has 22 heavy (non-hydrogen) atoms. The van der Waals surface area contributed by atoms with Crippen molar-refractivity contribution in [3.05, 3.63) is 23.8 Å². The van der Waals surface area contributed by atoms with Crippen LogP contribution in [0.1, 0.15) is 38.3 Å². The minimum atomic E-state index is 0.0310. The molecule has 2 unspecified atom stereocenters. The molecular weight excluding hydrogens is 276 g/mol. The van der Waals surface area contributed by atoms with E-state index >= 15 is 0 Å². The van der Waals surface area contributed by atoms with Gasteiger partial charge in [0.25, 0.3) is 0 Å². The van der Waals surface area contributed by atoms with Gasteiger partial charge in [0.05, 0.1) is 13.2 Å². The average molecular weight is 304 g/mol. The third-order valence-corrected chi connectivity index (χ3v) is 4.98. The highest BCUT2D eigenvalue weighted by molar-refractivity contribution is 5.43. The molecule has 1 aromatic carbocycles. The molecule has 0 aromatic heterocycles. The summed E-state index contributed by atoms with van der Waals surface area (Å²) >= 11 is 0. The zero-order valence-corrected chi connectivity index (χ0v) is 13.8. The number of likely N-dealkylation sites (tertiary alicyclic amines) is 1. The molecule has 2 heterocycles. The number of nitrogens with zero attached hydrogens (tertiary/aromatic N) is 1. The third kappa shape index (κ3) is 3.39. The predicted octanol–water partition coefficient (Wildman–Crippen LogP) is 2.83. The second-order valence-corrected chi connectivity index (χ2v) is 6.71. The summed E-state index contributed by atoms with van der Waals surface area (Å²) in [7, 11) is 0. The van der Waals surface area contributed by atoms with E-state index in [9.17, 15) is 0 Å². The molecule has 0 saturated carbocycles. The number of benzene rings is 1. The van der Waals surface area contributed by atoms with Crippen molar-refractivity contribution in [2.45, 2.75) is 32.7 Å². The molecule has 2 N–H and O–H groups in total. The van der Waals surface area contributed by atoms with Crippen LogP contribution in [-0.4, -0.2) is 37.7 Å². The standard InChI is InChI=1S/C18H28N2O2/c1-3-21-15-4-5-17-16(10-15)18(19)14(12-22-17)11-20-8-6-13(2)7-9-20/h4-5,10,13-14,18H,3,6-9,11-12,19H2,1-2H3. The van der Waals surface area contributed by atoms with Gasteiger partial charge in [-0.3, -0.25) is 0 Å². The van der Waals surface area contributed by atoms with Crippen LogP contribution in [0.4, 0.5) is 0 Å². The smallest absolute Gasteiger partial charge is 0.124 e. The summed E-state index contributed by atoms with van der Waals surface area (Å²) in [6.45, 7) is 9.14. The van der Waals surface area contributed by atoms with Crippen molar-refractivity contribution in [3.8, 4) is 11.5 Å². The molecule has 0 amide bonds. The first kappa shape index (κ1) is 15.6. The van der Waals surface area contributed by atoms with E-state index in [1.165, 1.54) is 25.9 Å². The molecule has 2 aliphatic heterocycles. The van der Waals surface area contributed by atoms with Crippen molar-refractivity contribution in [2.24, 2.45) is 17.6 Å². The van der Waals surface area contributed by atoms with E-state index in [0.717, 1.165) is 29.5 Å². The van der Waals surface area contributed by atoms with Gasteiger partial charge in [0, 0.05) is 24.1 Å². The van der Waals surface area contributed by atoms with Gasteiger partial charge in [-0.1, -0.05) is 6.92 Å². The van der Waals surface area contributed by atoms with Crippen LogP contribution in [0.25, 0.3) is 0 Å². The lowest BCUT2D eigenvalue weighted by molar-refractivity contribution is 0.114. The molecule has 1 saturated heterocycles. The number of piperidine rings is 1. The van der Waals surface area contributed by atoms with E-state index in [1.54, 1.807) is 0 Å². The van der Waals surface area contributed by atoms with Crippen LogP contribution in [0.15, 0.2) is 18.2 Å². The average Bonchev–Trinajstić information content (AvgIpc) is 2.53. The second kappa shape index (κ2) is 6.88. The van der Waals surface area contributed by atoms with Crippen LogP contribution in [0.3, 0.4) is 0 Å². The van der Waals surface area contributed by atoms with E-state index in [4.69, 9.17) is 15.2 Å². The zero-order chi connectivity index (χ0) is 15.5. The highest BCUT2D eigenvalue weighted by Crippen LogP contribution is 2.37. The molecule has 1 fully saturated rings. The number of hydrogen-bond donors (Lipinski definition) is 1. The molecule has 0 radical (unpaired) electrons. The molecule has 2 atom stereocenters. The van der Waals surface area contributed by atoms with Crippen molar-refractivity contribution in [3.63, 3.8) is 0 Å². The van der Waals surface area contributed by atoms with Gasteiger partial charge >= 0.3 is 0 Å². The van der Waals surface area contributed by atoms with E-state index in [1.807, 2.05) is 25.1 Å². The Morgan fingerprint density at radius 1 is 1.32 bits per heavy atom. The molecule has 4 nitrogen and oxygen atoms in total. The Morgan fingerprint density at radius 3 is 2.82 bits per heavy atom.